The lowest BCUT2D eigenvalue weighted by Gasteiger charge is -2.18. The number of fused-ring (bicyclic) bond motifs is 1. The number of hydrogen-bond donors (Lipinski definition) is 1. The van der Waals surface area contributed by atoms with Crippen molar-refractivity contribution in [3.05, 3.63) is 60.2 Å². The normalized spacial score (nSPS) is 11.4. The molecule has 0 amide bonds. The van der Waals surface area contributed by atoms with Gasteiger partial charge in [0.15, 0.2) is 0 Å². The van der Waals surface area contributed by atoms with Crippen molar-refractivity contribution in [3.63, 3.8) is 0 Å². The molecule has 0 saturated carbocycles. The van der Waals surface area contributed by atoms with Crippen molar-refractivity contribution in [2.24, 2.45) is 0 Å². The third kappa shape index (κ3) is 3.32. The Kier molecular flexibility index (Phi) is 4.78. The molecule has 26 heavy (non-hydrogen) atoms. The van der Waals surface area contributed by atoms with Crippen LogP contribution < -0.4 is 14.4 Å². The third-order valence-electron chi connectivity index (χ3n) is 4.23. The van der Waals surface area contributed by atoms with Crippen LogP contribution >= 0.6 is 0 Å². The van der Waals surface area contributed by atoms with Crippen molar-refractivity contribution >= 4 is 32.2 Å². The number of nitrogens with one attached hydrogen (secondary N) is 1. The molecule has 0 aromatic heterocycles. The molecule has 3 rings (SSSR count). The molecule has 0 atom stereocenters. The predicted molar refractivity (Wildman–Crippen MR) is 107 cm³/mol. The minimum absolute atomic E-state index is 0.238. The molecule has 0 aliphatic rings. The second-order valence-corrected chi connectivity index (χ2v) is 7.98. The minimum atomic E-state index is -3.78. The van der Waals surface area contributed by atoms with Crippen molar-refractivity contribution in [1.29, 1.82) is 0 Å². The number of methoxy groups -OCH3 is 1. The lowest BCUT2D eigenvalue weighted by Crippen LogP contribution is -2.15. The number of hydrogen-bond acceptors (Lipinski definition) is 4. The van der Waals surface area contributed by atoms with Gasteiger partial charge in [-0.15, -0.1) is 0 Å². The Morgan fingerprint density at radius 3 is 2.35 bits per heavy atom. The number of anilines is 2. The fourth-order valence-corrected chi connectivity index (χ4v) is 4.27. The first-order valence-corrected chi connectivity index (χ1v) is 9.68. The molecule has 0 aliphatic carbocycles. The highest BCUT2D eigenvalue weighted by atomic mass is 32.2. The molecule has 0 fully saturated rings. The molecule has 3 aromatic carbocycles. The number of nitrogens with zero attached hydrogens (tertiary/aromatic N) is 1. The molecule has 5 nitrogen and oxygen atoms in total. The van der Waals surface area contributed by atoms with E-state index < -0.39 is 10.0 Å². The first-order valence-electron chi connectivity index (χ1n) is 8.20. The maximum atomic E-state index is 13.1. The van der Waals surface area contributed by atoms with E-state index >= 15 is 0 Å². The molecule has 0 bridgehead atoms. The van der Waals surface area contributed by atoms with Gasteiger partial charge in [0.05, 0.1) is 17.7 Å². The van der Waals surface area contributed by atoms with Crippen molar-refractivity contribution in [2.75, 3.05) is 30.8 Å². The summed E-state index contributed by atoms with van der Waals surface area (Å²) in [6.07, 6.45) is 0. The summed E-state index contributed by atoms with van der Waals surface area (Å²) in [5.41, 5.74) is 2.33. The summed E-state index contributed by atoms with van der Waals surface area (Å²) in [6, 6.07) is 16.3. The Morgan fingerprint density at radius 2 is 1.65 bits per heavy atom. The Bertz CT molecular complexity index is 1060. The molecule has 0 saturated heterocycles. The Balaban J connectivity index is 2.14. The van der Waals surface area contributed by atoms with E-state index in [1.807, 2.05) is 56.3 Å². The van der Waals surface area contributed by atoms with Crippen molar-refractivity contribution in [3.8, 4) is 5.75 Å². The van der Waals surface area contributed by atoms with E-state index in [-0.39, 0.29) is 4.90 Å². The van der Waals surface area contributed by atoms with Crippen molar-refractivity contribution < 1.29 is 13.2 Å². The summed E-state index contributed by atoms with van der Waals surface area (Å²) in [5.74, 6) is 0.480. The van der Waals surface area contributed by atoms with E-state index in [1.54, 1.807) is 24.3 Å². The molecular formula is C20H22N2O3S. The zero-order valence-electron chi connectivity index (χ0n) is 15.3. The molecule has 3 aromatic rings. The van der Waals surface area contributed by atoms with Gasteiger partial charge in [-0.2, -0.15) is 0 Å². The van der Waals surface area contributed by atoms with Gasteiger partial charge in [-0.25, -0.2) is 8.42 Å². The molecule has 0 heterocycles. The van der Waals surface area contributed by atoms with Gasteiger partial charge in [0.25, 0.3) is 10.0 Å². The van der Waals surface area contributed by atoms with E-state index in [1.165, 1.54) is 7.11 Å². The SMILES string of the molecule is COc1ccc(C)cc1NS(=O)(=O)c1cccc2c(N(C)C)cccc12. The fraction of sp³-hybridized carbons (Fsp3) is 0.200. The summed E-state index contributed by atoms with van der Waals surface area (Å²) in [6.45, 7) is 1.90. The van der Waals surface area contributed by atoms with E-state index in [4.69, 9.17) is 4.74 Å². The first kappa shape index (κ1) is 18.1. The highest BCUT2D eigenvalue weighted by Gasteiger charge is 2.20. The van der Waals surface area contributed by atoms with Crippen molar-refractivity contribution in [2.45, 2.75) is 11.8 Å². The molecule has 0 aliphatic heterocycles. The van der Waals surface area contributed by atoms with Crippen LogP contribution in [0.15, 0.2) is 59.5 Å². The van der Waals surface area contributed by atoms with E-state index in [0.29, 0.717) is 16.8 Å². The summed E-state index contributed by atoms with van der Waals surface area (Å²) >= 11 is 0. The number of ether oxygens (including phenoxy) is 1. The second kappa shape index (κ2) is 6.88. The predicted octanol–water partition coefficient (Wildman–Crippen LogP) is 4.02. The molecule has 136 valence electrons. The van der Waals surface area contributed by atoms with Crippen LogP contribution in [0.5, 0.6) is 5.75 Å². The zero-order chi connectivity index (χ0) is 18.9. The smallest absolute Gasteiger partial charge is 0.262 e. The van der Waals surface area contributed by atoms with Crippen LogP contribution in [0.2, 0.25) is 0 Å². The fourth-order valence-electron chi connectivity index (χ4n) is 2.99. The lowest BCUT2D eigenvalue weighted by molar-refractivity contribution is 0.417. The summed E-state index contributed by atoms with van der Waals surface area (Å²) in [4.78, 5) is 2.21. The van der Waals surface area contributed by atoms with Gasteiger partial charge in [0.2, 0.25) is 0 Å². The Hall–Kier alpha value is -2.73. The van der Waals surface area contributed by atoms with Gasteiger partial charge >= 0.3 is 0 Å². The highest BCUT2D eigenvalue weighted by Crippen LogP contribution is 2.33. The number of benzene rings is 3. The van der Waals surface area contributed by atoms with Crippen LogP contribution in [0.3, 0.4) is 0 Å². The Morgan fingerprint density at radius 1 is 0.962 bits per heavy atom. The molecule has 0 radical (unpaired) electrons. The van der Waals surface area contributed by atoms with Crippen LogP contribution in [0.4, 0.5) is 11.4 Å². The van der Waals surface area contributed by atoms with Gasteiger partial charge < -0.3 is 9.64 Å². The Labute approximate surface area is 154 Å². The average molecular weight is 370 g/mol. The van der Waals surface area contributed by atoms with E-state index in [9.17, 15) is 8.42 Å². The van der Waals surface area contributed by atoms with Gasteiger partial charge in [0.1, 0.15) is 5.75 Å². The van der Waals surface area contributed by atoms with Crippen LogP contribution in [0.25, 0.3) is 10.8 Å². The van der Waals surface area contributed by atoms with Crippen LogP contribution in [-0.2, 0) is 10.0 Å². The maximum absolute atomic E-state index is 13.1. The second-order valence-electron chi connectivity index (χ2n) is 6.33. The minimum Gasteiger partial charge on any atom is -0.495 e. The molecule has 1 N–H and O–H groups in total. The monoisotopic (exact) mass is 370 g/mol. The molecule has 6 heteroatoms. The van der Waals surface area contributed by atoms with Gasteiger partial charge in [-0.3, -0.25) is 4.72 Å². The molecular weight excluding hydrogens is 348 g/mol. The third-order valence-corrected chi connectivity index (χ3v) is 5.65. The number of aryl methyl sites for hydroxylation is 1. The van der Waals surface area contributed by atoms with Crippen LogP contribution in [0.1, 0.15) is 5.56 Å². The standard InChI is InChI=1S/C20H22N2O3S/c1-14-11-12-19(25-4)17(13-14)21-26(23,24)20-10-6-7-15-16(20)8-5-9-18(15)22(2)3/h5-13,21H,1-4H3. The van der Waals surface area contributed by atoms with Gasteiger partial charge in [-0.1, -0.05) is 30.3 Å². The zero-order valence-corrected chi connectivity index (χ0v) is 16.1. The number of rotatable bonds is 5. The average Bonchev–Trinajstić information content (AvgIpc) is 2.60. The molecule has 0 unspecified atom stereocenters. The quantitative estimate of drug-likeness (QED) is 0.737. The van der Waals surface area contributed by atoms with Crippen LogP contribution in [-0.4, -0.2) is 29.6 Å². The van der Waals surface area contributed by atoms with Gasteiger partial charge in [0, 0.05) is 30.6 Å². The van der Waals surface area contributed by atoms with E-state index in [2.05, 4.69) is 4.72 Å². The highest BCUT2D eigenvalue weighted by molar-refractivity contribution is 7.93. The van der Waals surface area contributed by atoms with E-state index in [0.717, 1.165) is 16.6 Å². The maximum Gasteiger partial charge on any atom is 0.262 e. The van der Waals surface area contributed by atoms with Crippen molar-refractivity contribution in [1.82, 2.24) is 0 Å². The summed E-state index contributed by atoms with van der Waals surface area (Å²) < 4.78 is 34.1. The van der Waals surface area contributed by atoms with Gasteiger partial charge in [-0.05, 0) is 36.8 Å². The van der Waals surface area contributed by atoms with Crippen LogP contribution in [0, 0.1) is 6.92 Å². The first-order chi connectivity index (χ1) is 12.3. The molecule has 0 spiro atoms. The largest absolute Gasteiger partial charge is 0.495 e. The lowest BCUT2D eigenvalue weighted by atomic mass is 10.1. The topological polar surface area (TPSA) is 58.6 Å². The number of sulfonamides is 1. The summed E-state index contributed by atoms with van der Waals surface area (Å²) in [7, 11) is 1.61. The summed E-state index contributed by atoms with van der Waals surface area (Å²) in [5, 5.41) is 1.56.